The first-order valence-electron chi connectivity index (χ1n) is 18.9. The lowest BCUT2D eigenvalue weighted by atomic mass is 9.88. The van der Waals surface area contributed by atoms with Crippen LogP contribution >= 0.6 is 0 Å². The van der Waals surface area contributed by atoms with E-state index in [2.05, 4.69) is 229 Å². The SMILES string of the molecule is c1ccc(-c2ccc(N(c3cc(-c4ccccc4)c(-c4ccc5c(ccc6ccccc65)c4)cc3-c3ccccc3)c3cccc4ccccc34)cc2)cc1. The Morgan fingerprint density at radius 3 is 1.44 bits per heavy atom. The molecule has 10 aromatic rings. The number of anilines is 3. The smallest absolute Gasteiger partial charge is 0.0546 e. The van der Waals surface area contributed by atoms with Gasteiger partial charge in [0, 0.05) is 16.6 Å². The minimum absolute atomic E-state index is 1.09. The fourth-order valence-corrected chi connectivity index (χ4v) is 8.14. The van der Waals surface area contributed by atoms with Gasteiger partial charge in [0.05, 0.1) is 11.4 Å². The van der Waals surface area contributed by atoms with Crippen LogP contribution in [0.25, 0.3) is 76.8 Å². The summed E-state index contributed by atoms with van der Waals surface area (Å²) >= 11 is 0. The van der Waals surface area contributed by atoms with Gasteiger partial charge in [-0.1, -0.05) is 188 Å². The highest BCUT2D eigenvalue weighted by Gasteiger charge is 2.23. The van der Waals surface area contributed by atoms with Crippen molar-refractivity contribution in [2.45, 2.75) is 0 Å². The van der Waals surface area contributed by atoms with Crippen molar-refractivity contribution in [3.63, 3.8) is 0 Å². The van der Waals surface area contributed by atoms with Crippen molar-refractivity contribution < 1.29 is 0 Å². The summed E-state index contributed by atoms with van der Waals surface area (Å²) in [7, 11) is 0. The molecule has 0 atom stereocenters. The van der Waals surface area contributed by atoms with Gasteiger partial charge in [-0.15, -0.1) is 0 Å². The van der Waals surface area contributed by atoms with E-state index < -0.39 is 0 Å². The summed E-state index contributed by atoms with van der Waals surface area (Å²) in [6.45, 7) is 0. The maximum Gasteiger partial charge on any atom is 0.0546 e. The highest BCUT2D eigenvalue weighted by molar-refractivity contribution is 6.09. The molecule has 0 aliphatic rings. The van der Waals surface area contributed by atoms with Crippen LogP contribution in [0.2, 0.25) is 0 Å². The molecule has 0 heterocycles. The summed E-state index contributed by atoms with van der Waals surface area (Å²) in [5.41, 5.74) is 12.8. The van der Waals surface area contributed by atoms with Crippen LogP contribution in [0, 0.1) is 0 Å². The summed E-state index contributed by atoms with van der Waals surface area (Å²) in [6.07, 6.45) is 0. The van der Waals surface area contributed by atoms with Crippen molar-refractivity contribution in [2.75, 3.05) is 4.90 Å². The third-order valence-electron chi connectivity index (χ3n) is 10.8. The lowest BCUT2D eigenvalue weighted by Crippen LogP contribution is -2.12. The lowest BCUT2D eigenvalue weighted by Gasteiger charge is -2.30. The first kappa shape index (κ1) is 32.4. The van der Waals surface area contributed by atoms with Crippen LogP contribution in [0.15, 0.2) is 224 Å². The van der Waals surface area contributed by atoms with Crippen molar-refractivity contribution in [1.29, 1.82) is 0 Å². The van der Waals surface area contributed by atoms with Crippen LogP contribution in [0.3, 0.4) is 0 Å². The topological polar surface area (TPSA) is 3.24 Å². The zero-order valence-corrected chi connectivity index (χ0v) is 30.3. The van der Waals surface area contributed by atoms with Crippen LogP contribution in [0.1, 0.15) is 0 Å². The molecule has 0 spiro atoms. The molecule has 0 fully saturated rings. The van der Waals surface area contributed by atoms with Gasteiger partial charge in [-0.05, 0) is 102 Å². The van der Waals surface area contributed by atoms with Gasteiger partial charge in [0.15, 0.2) is 0 Å². The molecule has 1 heteroatoms. The van der Waals surface area contributed by atoms with E-state index in [1.165, 1.54) is 65.7 Å². The van der Waals surface area contributed by atoms with E-state index in [9.17, 15) is 0 Å². The van der Waals surface area contributed by atoms with E-state index >= 15 is 0 Å². The van der Waals surface area contributed by atoms with Gasteiger partial charge in [-0.25, -0.2) is 0 Å². The van der Waals surface area contributed by atoms with E-state index in [-0.39, 0.29) is 0 Å². The Morgan fingerprint density at radius 2 is 0.727 bits per heavy atom. The van der Waals surface area contributed by atoms with Gasteiger partial charge in [0.25, 0.3) is 0 Å². The number of benzene rings is 10. The van der Waals surface area contributed by atoms with E-state index in [1.807, 2.05) is 0 Å². The average molecular weight is 700 g/mol. The molecular formula is C54H37N. The second-order valence-electron chi connectivity index (χ2n) is 14.1. The molecule has 10 rings (SSSR count). The maximum absolute atomic E-state index is 2.46. The van der Waals surface area contributed by atoms with Gasteiger partial charge < -0.3 is 4.90 Å². The highest BCUT2D eigenvalue weighted by atomic mass is 15.1. The standard InChI is InChI=1S/C54H37N/c1-4-15-38(16-5-1)39-29-32-46(33-30-39)55(53-26-14-23-40-21-11-13-25-49(40)53)54-37-51(41-17-6-2-7-18-41)50(36-52(54)42-19-8-3-9-20-42)45-31-34-48-44(35-45)28-27-43-22-10-12-24-47(43)48/h1-37H. The Kier molecular flexibility index (Phi) is 8.24. The number of hydrogen-bond acceptors (Lipinski definition) is 1. The molecule has 1 nitrogen and oxygen atoms in total. The Labute approximate surface area is 322 Å². The minimum Gasteiger partial charge on any atom is -0.309 e. The molecule has 0 saturated carbocycles. The molecule has 0 radical (unpaired) electrons. The third kappa shape index (κ3) is 6.02. The summed E-state index contributed by atoms with van der Waals surface area (Å²) in [4.78, 5) is 2.46. The van der Waals surface area contributed by atoms with Crippen LogP contribution < -0.4 is 4.90 Å². The summed E-state index contributed by atoms with van der Waals surface area (Å²) in [5.74, 6) is 0. The molecule has 0 saturated heterocycles. The van der Waals surface area contributed by atoms with Gasteiger partial charge in [-0.3, -0.25) is 0 Å². The molecular weight excluding hydrogens is 663 g/mol. The molecule has 0 N–H and O–H groups in total. The maximum atomic E-state index is 2.46. The first-order chi connectivity index (χ1) is 27.3. The molecule has 0 aliphatic heterocycles. The zero-order valence-electron chi connectivity index (χ0n) is 30.3. The summed E-state index contributed by atoms with van der Waals surface area (Å²) in [5, 5.41) is 7.44. The average Bonchev–Trinajstić information content (AvgIpc) is 3.27. The Bertz CT molecular complexity index is 2940. The van der Waals surface area contributed by atoms with Crippen LogP contribution in [-0.2, 0) is 0 Å². The predicted molar refractivity (Wildman–Crippen MR) is 235 cm³/mol. The van der Waals surface area contributed by atoms with Crippen molar-refractivity contribution in [1.82, 2.24) is 0 Å². The van der Waals surface area contributed by atoms with Gasteiger partial charge in [0.2, 0.25) is 0 Å². The molecule has 0 unspecified atom stereocenters. The van der Waals surface area contributed by atoms with Gasteiger partial charge >= 0.3 is 0 Å². The lowest BCUT2D eigenvalue weighted by molar-refractivity contribution is 1.30. The van der Waals surface area contributed by atoms with Crippen molar-refractivity contribution in [2.24, 2.45) is 0 Å². The van der Waals surface area contributed by atoms with Gasteiger partial charge in [0.1, 0.15) is 0 Å². The fourth-order valence-electron chi connectivity index (χ4n) is 8.14. The van der Waals surface area contributed by atoms with Gasteiger partial charge in [-0.2, -0.15) is 0 Å². The minimum atomic E-state index is 1.09. The first-order valence-corrected chi connectivity index (χ1v) is 18.9. The summed E-state index contributed by atoms with van der Waals surface area (Å²) < 4.78 is 0. The van der Waals surface area contributed by atoms with E-state index in [0.717, 1.165) is 28.2 Å². The molecule has 0 bridgehead atoms. The molecule has 258 valence electrons. The normalized spacial score (nSPS) is 11.3. The Hall–Kier alpha value is -7.22. The molecule has 55 heavy (non-hydrogen) atoms. The fraction of sp³-hybridized carbons (Fsp3) is 0. The number of hydrogen-bond donors (Lipinski definition) is 0. The Morgan fingerprint density at radius 1 is 0.236 bits per heavy atom. The molecule has 0 aromatic heterocycles. The number of rotatable bonds is 7. The zero-order chi connectivity index (χ0) is 36.6. The highest BCUT2D eigenvalue weighted by Crippen LogP contribution is 2.48. The van der Waals surface area contributed by atoms with Crippen LogP contribution in [-0.4, -0.2) is 0 Å². The predicted octanol–water partition coefficient (Wildman–Crippen LogP) is 15.3. The quantitative estimate of drug-likeness (QED) is 0.150. The monoisotopic (exact) mass is 699 g/mol. The van der Waals surface area contributed by atoms with E-state index in [4.69, 9.17) is 0 Å². The second kappa shape index (κ2) is 14.0. The van der Waals surface area contributed by atoms with Crippen molar-refractivity contribution >= 4 is 49.4 Å². The van der Waals surface area contributed by atoms with Crippen molar-refractivity contribution in [3.8, 4) is 44.5 Å². The summed E-state index contributed by atoms with van der Waals surface area (Å²) in [6, 6.07) is 81.6. The van der Waals surface area contributed by atoms with E-state index in [0.29, 0.717) is 0 Å². The second-order valence-corrected chi connectivity index (χ2v) is 14.1. The Balaban J connectivity index is 1.26. The molecule has 0 aliphatic carbocycles. The molecule has 0 amide bonds. The molecule has 10 aromatic carbocycles. The number of nitrogens with zero attached hydrogens (tertiary/aromatic N) is 1. The van der Waals surface area contributed by atoms with Crippen molar-refractivity contribution in [3.05, 3.63) is 224 Å². The number of fused-ring (bicyclic) bond motifs is 4. The van der Waals surface area contributed by atoms with Crippen LogP contribution in [0.5, 0.6) is 0 Å². The van der Waals surface area contributed by atoms with E-state index in [1.54, 1.807) is 0 Å². The van der Waals surface area contributed by atoms with Crippen LogP contribution in [0.4, 0.5) is 17.1 Å². The largest absolute Gasteiger partial charge is 0.309 e. The third-order valence-corrected chi connectivity index (χ3v) is 10.8.